The molecule has 0 aromatic carbocycles. The van der Waals surface area contributed by atoms with E-state index >= 15 is 0 Å². The normalized spacial score (nSPS) is 23.7. The highest BCUT2D eigenvalue weighted by Gasteiger charge is 2.20. The van der Waals surface area contributed by atoms with Crippen LogP contribution in [0.3, 0.4) is 0 Å². The maximum atomic E-state index is 10.8. The third-order valence-electron chi connectivity index (χ3n) is 2.74. The first kappa shape index (κ1) is 12.5. The lowest BCUT2D eigenvalue weighted by molar-refractivity contribution is -0.151. The number of hydrogen-bond acceptors (Lipinski definition) is 3. The van der Waals surface area contributed by atoms with Crippen LogP contribution in [0.25, 0.3) is 0 Å². The monoisotopic (exact) mass is 215 g/mol. The van der Waals surface area contributed by atoms with Gasteiger partial charge in [0.2, 0.25) is 0 Å². The number of aliphatic carboxylic acids is 1. The second-order valence-corrected chi connectivity index (χ2v) is 4.10. The Bertz CT molecular complexity index is 190. The van der Waals surface area contributed by atoms with E-state index in [1.54, 1.807) is 0 Å². The summed E-state index contributed by atoms with van der Waals surface area (Å²) in [6.45, 7) is 3.52. The fraction of sp³-hybridized carbons (Fsp3) is 0.909. The van der Waals surface area contributed by atoms with Gasteiger partial charge in [-0.3, -0.25) is 0 Å². The quantitative estimate of drug-likeness (QED) is 0.703. The average Bonchev–Trinajstić information content (AvgIpc) is 2.25. The number of rotatable bonds is 6. The standard InChI is InChI=1S/C11H21NO3/c1-2-5-10(11(13)14)15-8-9-6-3-4-7-12-9/h9-10,12H,2-8H2,1H3,(H,13,14). The molecule has 88 valence electrons. The van der Waals surface area contributed by atoms with Gasteiger partial charge < -0.3 is 15.2 Å². The zero-order valence-electron chi connectivity index (χ0n) is 9.37. The van der Waals surface area contributed by atoms with Crippen molar-refractivity contribution in [2.75, 3.05) is 13.2 Å². The molecular formula is C11H21NO3. The van der Waals surface area contributed by atoms with Gasteiger partial charge in [-0.05, 0) is 25.8 Å². The molecule has 0 aromatic rings. The molecule has 4 heteroatoms. The zero-order valence-corrected chi connectivity index (χ0v) is 9.37. The van der Waals surface area contributed by atoms with Gasteiger partial charge in [0.25, 0.3) is 0 Å². The smallest absolute Gasteiger partial charge is 0.332 e. The molecule has 0 spiro atoms. The molecule has 2 unspecified atom stereocenters. The van der Waals surface area contributed by atoms with Gasteiger partial charge in [0.05, 0.1) is 6.61 Å². The summed E-state index contributed by atoms with van der Waals surface area (Å²) in [6.07, 6.45) is 4.34. The van der Waals surface area contributed by atoms with Crippen LogP contribution >= 0.6 is 0 Å². The van der Waals surface area contributed by atoms with E-state index in [2.05, 4.69) is 5.32 Å². The van der Waals surface area contributed by atoms with E-state index in [0.717, 1.165) is 19.4 Å². The van der Waals surface area contributed by atoms with Gasteiger partial charge in [0.1, 0.15) is 0 Å². The van der Waals surface area contributed by atoms with Crippen LogP contribution in [0.4, 0.5) is 0 Å². The summed E-state index contributed by atoms with van der Waals surface area (Å²) >= 11 is 0. The van der Waals surface area contributed by atoms with E-state index in [1.165, 1.54) is 12.8 Å². The van der Waals surface area contributed by atoms with Gasteiger partial charge in [0.15, 0.2) is 6.10 Å². The molecular weight excluding hydrogens is 194 g/mol. The van der Waals surface area contributed by atoms with Crippen LogP contribution < -0.4 is 5.32 Å². The number of ether oxygens (including phenoxy) is 1. The zero-order chi connectivity index (χ0) is 11.1. The van der Waals surface area contributed by atoms with Crippen LogP contribution in [0.15, 0.2) is 0 Å². The minimum absolute atomic E-state index is 0.345. The predicted octanol–water partition coefficient (Wildman–Crippen LogP) is 1.40. The lowest BCUT2D eigenvalue weighted by atomic mass is 10.1. The van der Waals surface area contributed by atoms with Crippen molar-refractivity contribution in [3.63, 3.8) is 0 Å². The first-order chi connectivity index (χ1) is 7.24. The number of carboxylic acid groups (broad SMARTS) is 1. The van der Waals surface area contributed by atoms with Crippen molar-refractivity contribution in [3.8, 4) is 0 Å². The Balaban J connectivity index is 2.22. The predicted molar refractivity (Wildman–Crippen MR) is 57.9 cm³/mol. The fourth-order valence-electron chi connectivity index (χ4n) is 1.84. The van der Waals surface area contributed by atoms with Crippen molar-refractivity contribution < 1.29 is 14.6 Å². The molecule has 15 heavy (non-hydrogen) atoms. The lowest BCUT2D eigenvalue weighted by Crippen LogP contribution is -2.39. The maximum absolute atomic E-state index is 10.8. The summed E-state index contributed by atoms with van der Waals surface area (Å²) in [5.74, 6) is -0.840. The third kappa shape index (κ3) is 4.62. The van der Waals surface area contributed by atoms with Crippen molar-refractivity contribution in [2.24, 2.45) is 0 Å². The Hall–Kier alpha value is -0.610. The molecule has 0 radical (unpaired) electrons. The molecule has 1 saturated heterocycles. The molecule has 1 rings (SSSR count). The molecule has 0 aliphatic carbocycles. The van der Waals surface area contributed by atoms with Crippen LogP contribution in [-0.4, -0.2) is 36.4 Å². The van der Waals surface area contributed by atoms with E-state index in [9.17, 15) is 4.79 Å². The summed E-state index contributed by atoms with van der Waals surface area (Å²) in [5.41, 5.74) is 0. The first-order valence-electron chi connectivity index (χ1n) is 5.81. The van der Waals surface area contributed by atoms with E-state index in [-0.39, 0.29) is 0 Å². The molecule has 0 amide bonds. The molecule has 1 aliphatic heterocycles. The number of carboxylic acids is 1. The number of carbonyl (C=O) groups is 1. The SMILES string of the molecule is CCCC(OCC1CCCCN1)C(=O)O. The van der Waals surface area contributed by atoms with Gasteiger partial charge in [-0.1, -0.05) is 19.8 Å². The Morgan fingerprint density at radius 2 is 2.40 bits per heavy atom. The first-order valence-corrected chi connectivity index (χ1v) is 5.81. The van der Waals surface area contributed by atoms with Crippen molar-refractivity contribution in [1.82, 2.24) is 5.32 Å². The second kappa shape index (κ2) is 6.80. The average molecular weight is 215 g/mol. The summed E-state index contributed by atoms with van der Waals surface area (Å²) < 4.78 is 5.42. The van der Waals surface area contributed by atoms with Gasteiger partial charge in [-0.2, -0.15) is 0 Å². The fourth-order valence-corrected chi connectivity index (χ4v) is 1.84. The van der Waals surface area contributed by atoms with E-state index in [1.807, 2.05) is 6.92 Å². The van der Waals surface area contributed by atoms with Crippen molar-refractivity contribution in [2.45, 2.75) is 51.2 Å². The van der Waals surface area contributed by atoms with Crippen LogP contribution in [0.5, 0.6) is 0 Å². The molecule has 4 nitrogen and oxygen atoms in total. The van der Waals surface area contributed by atoms with Crippen molar-refractivity contribution in [3.05, 3.63) is 0 Å². The molecule has 1 heterocycles. The van der Waals surface area contributed by atoms with Gasteiger partial charge in [-0.15, -0.1) is 0 Å². The lowest BCUT2D eigenvalue weighted by Gasteiger charge is -2.24. The Kier molecular flexibility index (Phi) is 5.65. The number of piperidine rings is 1. The van der Waals surface area contributed by atoms with Gasteiger partial charge in [0, 0.05) is 6.04 Å². The van der Waals surface area contributed by atoms with Gasteiger partial charge >= 0.3 is 5.97 Å². The topological polar surface area (TPSA) is 58.6 Å². The molecule has 1 aliphatic rings. The second-order valence-electron chi connectivity index (χ2n) is 4.10. The highest BCUT2D eigenvalue weighted by molar-refractivity contribution is 5.72. The van der Waals surface area contributed by atoms with E-state index < -0.39 is 12.1 Å². The van der Waals surface area contributed by atoms with Crippen molar-refractivity contribution >= 4 is 5.97 Å². The molecule has 1 fully saturated rings. The largest absolute Gasteiger partial charge is 0.479 e. The van der Waals surface area contributed by atoms with Crippen molar-refractivity contribution in [1.29, 1.82) is 0 Å². The van der Waals surface area contributed by atoms with Gasteiger partial charge in [-0.25, -0.2) is 4.79 Å². The minimum Gasteiger partial charge on any atom is -0.479 e. The Labute approximate surface area is 91.0 Å². The third-order valence-corrected chi connectivity index (χ3v) is 2.74. The highest BCUT2D eigenvalue weighted by atomic mass is 16.5. The Morgan fingerprint density at radius 1 is 1.60 bits per heavy atom. The van der Waals surface area contributed by atoms with E-state index in [4.69, 9.17) is 9.84 Å². The summed E-state index contributed by atoms with van der Waals surface area (Å²) in [4.78, 5) is 10.8. The van der Waals surface area contributed by atoms with Crippen LogP contribution in [0.1, 0.15) is 39.0 Å². The number of hydrogen-bond donors (Lipinski definition) is 2. The molecule has 2 N–H and O–H groups in total. The minimum atomic E-state index is -0.840. The maximum Gasteiger partial charge on any atom is 0.332 e. The summed E-state index contributed by atoms with van der Waals surface area (Å²) in [7, 11) is 0. The van der Waals surface area contributed by atoms with Crippen LogP contribution in [0, 0.1) is 0 Å². The highest BCUT2D eigenvalue weighted by Crippen LogP contribution is 2.09. The molecule has 0 saturated carbocycles. The van der Waals surface area contributed by atoms with Crippen LogP contribution in [0.2, 0.25) is 0 Å². The van der Waals surface area contributed by atoms with E-state index in [0.29, 0.717) is 19.1 Å². The summed E-state index contributed by atoms with van der Waals surface area (Å²) in [6, 6.07) is 0.345. The molecule has 0 bridgehead atoms. The molecule has 2 atom stereocenters. The number of nitrogens with one attached hydrogen (secondary N) is 1. The Morgan fingerprint density at radius 3 is 2.93 bits per heavy atom. The van der Waals surface area contributed by atoms with Crippen LogP contribution in [-0.2, 0) is 9.53 Å². The molecule has 0 aromatic heterocycles. The summed E-state index contributed by atoms with van der Waals surface area (Å²) in [5, 5.41) is 12.2.